The number of benzene rings is 2. The number of carbonyl (C=O) groups excluding carboxylic acids is 2. The van der Waals surface area contributed by atoms with E-state index in [0.717, 1.165) is 21.2 Å². The first-order valence-electron chi connectivity index (χ1n) is 8.71. The van der Waals surface area contributed by atoms with E-state index in [2.05, 4.69) is 26.2 Å². The van der Waals surface area contributed by atoms with Crippen LogP contribution in [0.2, 0.25) is 0 Å². The molecule has 1 aromatic heterocycles. The topological polar surface area (TPSA) is 68.3 Å². The molecule has 0 saturated heterocycles. The Bertz CT molecular complexity index is 942. The molecule has 3 rings (SSSR count). The fourth-order valence-electron chi connectivity index (χ4n) is 2.78. The molecule has 1 atom stereocenters. The van der Waals surface area contributed by atoms with Crippen molar-refractivity contribution >= 4 is 27.8 Å². The van der Waals surface area contributed by atoms with Gasteiger partial charge in [0.15, 0.2) is 0 Å². The van der Waals surface area contributed by atoms with Gasteiger partial charge in [0.25, 0.3) is 5.91 Å². The first-order valence-corrected chi connectivity index (χ1v) is 9.50. The van der Waals surface area contributed by atoms with Crippen molar-refractivity contribution in [3.05, 3.63) is 88.7 Å². The van der Waals surface area contributed by atoms with E-state index in [1.807, 2.05) is 54.6 Å². The van der Waals surface area contributed by atoms with Crippen LogP contribution in [0.25, 0.3) is 11.1 Å². The van der Waals surface area contributed by atoms with Gasteiger partial charge < -0.3 is 10.1 Å². The fraction of sp³-hybridized carbons (Fsp3) is 0.136. The summed E-state index contributed by atoms with van der Waals surface area (Å²) in [5.41, 5.74) is 3.25. The highest BCUT2D eigenvalue weighted by atomic mass is 79.9. The maximum absolute atomic E-state index is 12.6. The van der Waals surface area contributed by atoms with Crippen LogP contribution in [0, 0.1) is 0 Å². The second kappa shape index (κ2) is 9.28. The van der Waals surface area contributed by atoms with E-state index in [9.17, 15) is 9.59 Å². The Morgan fingerprint density at radius 1 is 1.00 bits per heavy atom. The molecule has 1 N–H and O–H groups in total. The van der Waals surface area contributed by atoms with E-state index < -0.39 is 12.0 Å². The number of ether oxygens (including phenoxy) is 1. The molecule has 0 bridgehead atoms. The Morgan fingerprint density at radius 2 is 1.68 bits per heavy atom. The van der Waals surface area contributed by atoms with Crippen LogP contribution in [-0.4, -0.2) is 24.0 Å². The number of pyridine rings is 1. The first-order chi connectivity index (χ1) is 13.6. The SMILES string of the molecule is COC(=O)CC(NC(=O)c1ccc(Br)cn1)c1ccc(-c2ccccc2)cc1. The Kier molecular flexibility index (Phi) is 6.55. The lowest BCUT2D eigenvalue weighted by Gasteiger charge is -2.18. The molecule has 0 aliphatic carbocycles. The number of nitrogens with zero attached hydrogens (tertiary/aromatic N) is 1. The molecule has 2 aromatic carbocycles. The molecular formula is C22H19BrN2O3. The van der Waals surface area contributed by atoms with Crippen LogP contribution in [0.15, 0.2) is 77.4 Å². The van der Waals surface area contributed by atoms with Gasteiger partial charge in [-0.3, -0.25) is 9.59 Å². The third-order valence-corrected chi connectivity index (χ3v) is 4.75. The maximum atomic E-state index is 12.6. The van der Waals surface area contributed by atoms with Gasteiger partial charge in [0.1, 0.15) is 5.69 Å². The van der Waals surface area contributed by atoms with Gasteiger partial charge in [-0.2, -0.15) is 0 Å². The Morgan fingerprint density at radius 3 is 2.29 bits per heavy atom. The molecule has 0 radical (unpaired) electrons. The number of halogens is 1. The minimum Gasteiger partial charge on any atom is -0.469 e. The van der Waals surface area contributed by atoms with Gasteiger partial charge in [0, 0.05) is 10.7 Å². The van der Waals surface area contributed by atoms with Gasteiger partial charge in [-0.15, -0.1) is 0 Å². The first kappa shape index (κ1) is 19.8. The third kappa shape index (κ3) is 5.04. The fourth-order valence-corrected chi connectivity index (χ4v) is 3.02. The van der Waals surface area contributed by atoms with Gasteiger partial charge in [-0.1, -0.05) is 54.6 Å². The molecule has 142 valence electrons. The van der Waals surface area contributed by atoms with E-state index in [1.54, 1.807) is 18.3 Å². The monoisotopic (exact) mass is 438 g/mol. The number of hydrogen-bond donors (Lipinski definition) is 1. The summed E-state index contributed by atoms with van der Waals surface area (Å²) in [6, 6.07) is 20.6. The number of carbonyl (C=O) groups is 2. The van der Waals surface area contributed by atoms with Gasteiger partial charge >= 0.3 is 5.97 Å². The van der Waals surface area contributed by atoms with Crippen molar-refractivity contribution in [1.82, 2.24) is 10.3 Å². The number of methoxy groups -OCH3 is 1. The quantitative estimate of drug-likeness (QED) is 0.573. The van der Waals surface area contributed by atoms with Crippen LogP contribution < -0.4 is 5.32 Å². The zero-order valence-corrected chi connectivity index (χ0v) is 16.8. The molecule has 1 unspecified atom stereocenters. The molecule has 0 aliphatic rings. The van der Waals surface area contributed by atoms with Crippen molar-refractivity contribution in [3.8, 4) is 11.1 Å². The molecule has 1 heterocycles. The van der Waals surface area contributed by atoms with E-state index >= 15 is 0 Å². The lowest BCUT2D eigenvalue weighted by atomic mass is 9.99. The van der Waals surface area contributed by atoms with E-state index in [0.29, 0.717) is 0 Å². The minimum absolute atomic E-state index is 0.0312. The van der Waals surface area contributed by atoms with Gasteiger partial charge in [0.2, 0.25) is 0 Å². The summed E-state index contributed by atoms with van der Waals surface area (Å²) in [6.45, 7) is 0. The van der Waals surface area contributed by atoms with Gasteiger partial charge in [-0.05, 0) is 44.8 Å². The number of rotatable bonds is 6. The van der Waals surface area contributed by atoms with Crippen LogP contribution in [-0.2, 0) is 9.53 Å². The lowest BCUT2D eigenvalue weighted by molar-refractivity contribution is -0.141. The normalized spacial score (nSPS) is 11.5. The number of hydrogen-bond acceptors (Lipinski definition) is 4. The zero-order valence-electron chi connectivity index (χ0n) is 15.3. The van der Waals surface area contributed by atoms with Gasteiger partial charge in [0.05, 0.1) is 19.6 Å². The second-order valence-electron chi connectivity index (χ2n) is 6.16. The van der Waals surface area contributed by atoms with Crippen molar-refractivity contribution < 1.29 is 14.3 Å². The zero-order chi connectivity index (χ0) is 19.9. The molecule has 1 amide bonds. The van der Waals surface area contributed by atoms with E-state index in [1.165, 1.54) is 7.11 Å². The average molecular weight is 439 g/mol. The smallest absolute Gasteiger partial charge is 0.307 e. The Balaban J connectivity index is 1.82. The minimum atomic E-state index is -0.518. The second-order valence-corrected chi connectivity index (χ2v) is 7.07. The van der Waals surface area contributed by atoms with Crippen LogP contribution in [0.3, 0.4) is 0 Å². The summed E-state index contributed by atoms with van der Waals surface area (Å²) < 4.78 is 5.57. The summed E-state index contributed by atoms with van der Waals surface area (Å²) in [7, 11) is 1.33. The summed E-state index contributed by atoms with van der Waals surface area (Å²) in [5, 5.41) is 2.88. The van der Waals surface area contributed by atoms with E-state index in [4.69, 9.17) is 4.74 Å². The highest BCUT2D eigenvalue weighted by Gasteiger charge is 2.20. The molecule has 0 fully saturated rings. The summed E-state index contributed by atoms with van der Waals surface area (Å²) in [4.78, 5) is 28.5. The summed E-state index contributed by atoms with van der Waals surface area (Å²) >= 11 is 3.29. The molecule has 28 heavy (non-hydrogen) atoms. The largest absolute Gasteiger partial charge is 0.469 e. The molecule has 0 aliphatic heterocycles. The number of esters is 1. The summed E-state index contributed by atoms with van der Waals surface area (Å²) in [5.74, 6) is -0.755. The number of amides is 1. The van der Waals surface area contributed by atoms with Crippen LogP contribution in [0.5, 0.6) is 0 Å². The van der Waals surface area contributed by atoms with Crippen molar-refractivity contribution in [2.24, 2.45) is 0 Å². The lowest BCUT2D eigenvalue weighted by Crippen LogP contribution is -2.31. The molecular weight excluding hydrogens is 420 g/mol. The van der Waals surface area contributed by atoms with E-state index in [-0.39, 0.29) is 18.0 Å². The van der Waals surface area contributed by atoms with Crippen LogP contribution >= 0.6 is 15.9 Å². The van der Waals surface area contributed by atoms with Crippen molar-refractivity contribution in [2.75, 3.05) is 7.11 Å². The molecule has 5 nitrogen and oxygen atoms in total. The number of aromatic nitrogens is 1. The van der Waals surface area contributed by atoms with Crippen molar-refractivity contribution in [1.29, 1.82) is 0 Å². The van der Waals surface area contributed by atoms with Crippen molar-refractivity contribution in [3.63, 3.8) is 0 Å². The molecule has 6 heteroatoms. The third-order valence-electron chi connectivity index (χ3n) is 4.28. The standard InChI is InChI=1S/C22H19BrN2O3/c1-28-21(26)13-20(25-22(27)19-12-11-18(23)14-24-19)17-9-7-16(8-10-17)15-5-3-2-4-6-15/h2-12,14,20H,13H2,1H3,(H,25,27). The number of nitrogens with one attached hydrogen (secondary N) is 1. The van der Waals surface area contributed by atoms with Gasteiger partial charge in [-0.25, -0.2) is 4.98 Å². The molecule has 3 aromatic rings. The Hall–Kier alpha value is -2.99. The van der Waals surface area contributed by atoms with Crippen LogP contribution in [0.4, 0.5) is 0 Å². The predicted octanol–water partition coefficient (Wildman–Crippen LogP) is 4.55. The molecule has 0 saturated carbocycles. The average Bonchev–Trinajstić information content (AvgIpc) is 2.74. The Labute approximate surface area is 171 Å². The van der Waals surface area contributed by atoms with Crippen LogP contribution in [0.1, 0.15) is 28.5 Å². The molecule has 0 spiro atoms. The summed E-state index contributed by atoms with van der Waals surface area (Å²) in [6.07, 6.45) is 1.59. The highest BCUT2D eigenvalue weighted by molar-refractivity contribution is 9.10. The predicted molar refractivity (Wildman–Crippen MR) is 111 cm³/mol. The highest BCUT2D eigenvalue weighted by Crippen LogP contribution is 2.24. The van der Waals surface area contributed by atoms with Crippen molar-refractivity contribution in [2.45, 2.75) is 12.5 Å². The maximum Gasteiger partial charge on any atom is 0.307 e.